The van der Waals surface area contributed by atoms with Gasteiger partial charge in [0.1, 0.15) is 11.3 Å². The molecule has 0 radical (unpaired) electrons. The largest absolute Gasteiger partial charge is 0.371 e. The van der Waals surface area contributed by atoms with Gasteiger partial charge >= 0.3 is 0 Å². The number of amides is 1. The molecule has 0 saturated carbocycles. The van der Waals surface area contributed by atoms with E-state index in [9.17, 15) is 4.79 Å². The number of aromatic nitrogens is 3. The number of ether oxygens (including phenoxy) is 1. The van der Waals surface area contributed by atoms with E-state index in [1.54, 1.807) is 17.1 Å². The van der Waals surface area contributed by atoms with Gasteiger partial charge in [0.15, 0.2) is 0 Å². The molecule has 4 rings (SSSR count). The second-order valence-corrected chi connectivity index (χ2v) is 7.30. The Labute approximate surface area is 153 Å². The van der Waals surface area contributed by atoms with E-state index in [0.29, 0.717) is 25.4 Å². The van der Waals surface area contributed by atoms with Crippen LogP contribution in [0.1, 0.15) is 35.8 Å². The van der Waals surface area contributed by atoms with E-state index in [1.165, 1.54) is 12.8 Å². The van der Waals surface area contributed by atoms with Gasteiger partial charge in [-0.25, -0.2) is 0 Å². The van der Waals surface area contributed by atoms with Gasteiger partial charge in [-0.1, -0.05) is 0 Å². The molecular formula is C19H25N5O2. The van der Waals surface area contributed by atoms with Crippen LogP contribution in [-0.2, 0) is 17.4 Å². The van der Waals surface area contributed by atoms with E-state index in [4.69, 9.17) is 4.74 Å². The van der Waals surface area contributed by atoms with Gasteiger partial charge in [-0.15, -0.1) is 0 Å². The van der Waals surface area contributed by atoms with Crippen molar-refractivity contribution in [2.75, 3.05) is 37.7 Å². The Hall–Kier alpha value is -2.41. The van der Waals surface area contributed by atoms with Gasteiger partial charge in [0.25, 0.3) is 5.91 Å². The summed E-state index contributed by atoms with van der Waals surface area (Å²) in [6.07, 6.45) is 7.90. The van der Waals surface area contributed by atoms with Crippen LogP contribution in [0.4, 0.5) is 5.69 Å². The number of rotatable bonds is 3. The average molecular weight is 355 g/mol. The number of morpholine rings is 1. The van der Waals surface area contributed by atoms with Crippen molar-refractivity contribution in [3.8, 4) is 0 Å². The first-order valence-electron chi connectivity index (χ1n) is 9.18. The van der Waals surface area contributed by atoms with E-state index in [2.05, 4.69) is 15.0 Å². The molecule has 4 heterocycles. The summed E-state index contributed by atoms with van der Waals surface area (Å²) >= 11 is 0. The van der Waals surface area contributed by atoms with Gasteiger partial charge in [0.05, 0.1) is 19.3 Å². The van der Waals surface area contributed by atoms with Gasteiger partial charge in [-0.2, -0.15) is 5.10 Å². The van der Waals surface area contributed by atoms with Gasteiger partial charge in [0, 0.05) is 50.3 Å². The van der Waals surface area contributed by atoms with Crippen molar-refractivity contribution in [1.82, 2.24) is 19.7 Å². The topological polar surface area (TPSA) is 63.5 Å². The predicted molar refractivity (Wildman–Crippen MR) is 98.1 cm³/mol. The molecule has 0 bridgehead atoms. The van der Waals surface area contributed by atoms with Crippen LogP contribution in [0.15, 0.2) is 30.7 Å². The van der Waals surface area contributed by atoms with Crippen LogP contribution in [0, 0.1) is 0 Å². The number of pyridine rings is 1. The van der Waals surface area contributed by atoms with E-state index in [-0.39, 0.29) is 5.91 Å². The van der Waals surface area contributed by atoms with Gasteiger partial charge in [0.2, 0.25) is 0 Å². The molecule has 0 spiro atoms. The average Bonchev–Trinajstić information content (AvgIpc) is 3.33. The van der Waals surface area contributed by atoms with Crippen LogP contribution in [0.5, 0.6) is 0 Å². The number of carbonyl (C=O) groups is 1. The quantitative estimate of drug-likeness (QED) is 0.840. The van der Waals surface area contributed by atoms with Crippen molar-refractivity contribution in [3.63, 3.8) is 0 Å². The van der Waals surface area contributed by atoms with E-state index in [1.807, 2.05) is 37.2 Å². The Balaban J connectivity index is 1.53. The molecule has 0 aromatic carbocycles. The van der Waals surface area contributed by atoms with Crippen molar-refractivity contribution in [2.24, 2.45) is 7.05 Å². The minimum absolute atomic E-state index is 0.0375. The minimum atomic E-state index is -0.547. The summed E-state index contributed by atoms with van der Waals surface area (Å²) in [6.45, 7) is 5.68. The Morgan fingerprint density at radius 3 is 2.81 bits per heavy atom. The maximum absolute atomic E-state index is 13.1. The summed E-state index contributed by atoms with van der Waals surface area (Å²) in [5.74, 6) is -0.0375. The highest BCUT2D eigenvalue weighted by molar-refractivity contribution is 5.93. The molecule has 1 atom stereocenters. The molecule has 2 aromatic heterocycles. The standard InChI is InChI=1S/C19H25N5O2/c1-19(15-12-21-22(2)13-15)14-24(9-10-26-19)18(25)17-11-16(5-6-20-17)23-7-3-4-8-23/h5-6,11-13H,3-4,7-10,14H2,1-2H3. The third-order valence-corrected chi connectivity index (χ3v) is 5.31. The molecule has 26 heavy (non-hydrogen) atoms. The second kappa shape index (κ2) is 6.72. The molecular weight excluding hydrogens is 330 g/mol. The smallest absolute Gasteiger partial charge is 0.272 e. The first-order chi connectivity index (χ1) is 12.5. The summed E-state index contributed by atoms with van der Waals surface area (Å²) < 4.78 is 7.77. The van der Waals surface area contributed by atoms with Crippen molar-refractivity contribution in [3.05, 3.63) is 42.0 Å². The molecule has 2 fully saturated rings. The number of hydrogen-bond acceptors (Lipinski definition) is 5. The molecule has 1 unspecified atom stereocenters. The van der Waals surface area contributed by atoms with E-state index < -0.39 is 5.60 Å². The zero-order valence-corrected chi connectivity index (χ0v) is 15.4. The lowest BCUT2D eigenvalue weighted by atomic mass is 9.96. The Kier molecular flexibility index (Phi) is 4.40. The zero-order valence-electron chi connectivity index (χ0n) is 15.4. The summed E-state index contributed by atoms with van der Waals surface area (Å²) in [7, 11) is 1.88. The fourth-order valence-corrected chi connectivity index (χ4v) is 3.78. The van der Waals surface area contributed by atoms with Crippen LogP contribution in [0.25, 0.3) is 0 Å². The SMILES string of the molecule is Cn1cc(C2(C)CN(C(=O)c3cc(N4CCCC4)ccn3)CCO2)cn1. The van der Waals surface area contributed by atoms with E-state index >= 15 is 0 Å². The summed E-state index contributed by atoms with van der Waals surface area (Å²) in [5.41, 5.74) is 2.03. The van der Waals surface area contributed by atoms with E-state index in [0.717, 1.165) is 24.3 Å². The van der Waals surface area contributed by atoms with Crippen LogP contribution in [0.3, 0.4) is 0 Å². The molecule has 2 aromatic rings. The molecule has 1 amide bonds. The molecule has 138 valence electrons. The number of hydrogen-bond donors (Lipinski definition) is 0. The molecule has 7 heteroatoms. The lowest BCUT2D eigenvalue weighted by Gasteiger charge is -2.40. The zero-order chi connectivity index (χ0) is 18.1. The highest BCUT2D eigenvalue weighted by Gasteiger charge is 2.37. The molecule has 2 aliphatic heterocycles. The Morgan fingerprint density at radius 2 is 2.08 bits per heavy atom. The highest BCUT2D eigenvalue weighted by Crippen LogP contribution is 2.30. The lowest BCUT2D eigenvalue weighted by Crippen LogP contribution is -2.50. The van der Waals surface area contributed by atoms with Crippen LogP contribution in [0.2, 0.25) is 0 Å². The maximum atomic E-state index is 13.1. The number of nitrogens with zero attached hydrogens (tertiary/aromatic N) is 5. The first kappa shape index (κ1) is 17.0. The minimum Gasteiger partial charge on any atom is -0.371 e. The molecule has 0 aliphatic carbocycles. The molecule has 2 aliphatic rings. The predicted octanol–water partition coefficient (Wildman–Crippen LogP) is 1.80. The van der Waals surface area contributed by atoms with Crippen molar-refractivity contribution < 1.29 is 9.53 Å². The van der Waals surface area contributed by atoms with Crippen LogP contribution >= 0.6 is 0 Å². The lowest BCUT2D eigenvalue weighted by molar-refractivity contribution is -0.0932. The van der Waals surface area contributed by atoms with Crippen LogP contribution < -0.4 is 4.90 Å². The second-order valence-electron chi connectivity index (χ2n) is 7.30. The van der Waals surface area contributed by atoms with Crippen molar-refractivity contribution in [1.29, 1.82) is 0 Å². The maximum Gasteiger partial charge on any atom is 0.272 e. The first-order valence-corrected chi connectivity index (χ1v) is 9.18. The normalized spacial score (nSPS) is 23.5. The highest BCUT2D eigenvalue weighted by atomic mass is 16.5. The van der Waals surface area contributed by atoms with Crippen molar-refractivity contribution in [2.45, 2.75) is 25.4 Å². The number of carbonyl (C=O) groups excluding carboxylic acids is 1. The monoisotopic (exact) mass is 355 g/mol. The summed E-state index contributed by atoms with van der Waals surface area (Å²) in [6, 6.07) is 3.91. The molecule has 2 saturated heterocycles. The summed E-state index contributed by atoms with van der Waals surface area (Å²) in [5, 5.41) is 4.24. The number of aryl methyl sites for hydroxylation is 1. The fraction of sp³-hybridized carbons (Fsp3) is 0.526. The van der Waals surface area contributed by atoms with Gasteiger partial charge in [-0.05, 0) is 31.9 Å². The molecule has 7 nitrogen and oxygen atoms in total. The Bertz CT molecular complexity index is 799. The Morgan fingerprint density at radius 1 is 1.27 bits per heavy atom. The molecule has 0 N–H and O–H groups in total. The third-order valence-electron chi connectivity index (χ3n) is 5.31. The summed E-state index contributed by atoms with van der Waals surface area (Å²) in [4.78, 5) is 21.6. The van der Waals surface area contributed by atoms with Gasteiger partial charge in [-0.3, -0.25) is 14.5 Å². The number of anilines is 1. The fourth-order valence-electron chi connectivity index (χ4n) is 3.78. The van der Waals surface area contributed by atoms with Crippen LogP contribution in [-0.4, -0.2) is 58.4 Å². The third kappa shape index (κ3) is 3.19. The van der Waals surface area contributed by atoms with Crippen molar-refractivity contribution >= 4 is 11.6 Å². The van der Waals surface area contributed by atoms with Gasteiger partial charge < -0.3 is 14.5 Å².